The Balaban J connectivity index is 1.53. The highest BCUT2D eigenvalue weighted by Crippen LogP contribution is 2.20. The van der Waals surface area contributed by atoms with Gasteiger partial charge in [-0.15, -0.1) is 11.3 Å². The van der Waals surface area contributed by atoms with E-state index in [4.69, 9.17) is 10.5 Å². The second kappa shape index (κ2) is 9.98. The number of hydrogen-bond donors (Lipinski definition) is 4. The van der Waals surface area contributed by atoms with Crippen molar-refractivity contribution in [2.75, 3.05) is 11.3 Å². The van der Waals surface area contributed by atoms with Crippen LogP contribution in [0.15, 0.2) is 76.8 Å². The van der Waals surface area contributed by atoms with Gasteiger partial charge in [0.2, 0.25) is 0 Å². The van der Waals surface area contributed by atoms with E-state index in [1.807, 2.05) is 0 Å². The van der Waals surface area contributed by atoms with E-state index in [2.05, 4.69) is 22.2 Å². The maximum absolute atomic E-state index is 12.4. The van der Waals surface area contributed by atoms with E-state index in [0.717, 1.165) is 11.3 Å². The third-order valence-corrected chi connectivity index (χ3v) is 6.85. The highest BCUT2D eigenvalue weighted by molar-refractivity contribution is 7.94. The number of primary amides is 1. The Morgan fingerprint density at radius 2 is 1.62 bits per heavy atom. The summed E-state index contributed by atoms with van der Waals surface area (Å²) in [5.74, 6) is -0.532. The lowest BCUT2D eigenvalue weighted by atomic mass is 10.2. The molecule has 2 aromatic carbocycles. The van der Waals surface area contributed by atoms with Crippen LogP contribution >= 0.6 is 11.3 Å². The number of benzene rings is 2. The third kappa shape index (κ3) is 6.09. The molecule has 0 spiro atoms. The molecule has 11 heteroatoms. The van der Waals surface area contributed by atoms with Gasteiger partial charge in [0, 0.05) is 11.3 Å². The Labute approximate surface area is 188 Å². The molecule has 1 aromatic heterocycles. The number of amides is 2. The SMILES string of the molecule is C=C(NNC(=O)c1ccc(NS(=O)(=O)c2cccs2)cc1)c1ccc(OCC(N)=O)cc1. The van der Waals surface area contributed by atoms with Crippen LogP contribution in [0.3, 0.4) is 0 Å². The standard InChI is InChI=1S/C21H20N4O5S2/c1-14(15-6-10-18(11-7-15)30-13-19(22)26)23-24-21(27)16-4-8-17(9-5-16)25-32(28,29)20-3-2-12-31-20/h2-12,23,25H,1,13H2,(H2,22,26)(H,24,27). The first-order valence-corrected chi connectivity index (χ1v) is 11.5. The minimum Gasteiger partial charge on any atom is -0.484 e. The Morgan fingerprint density at radius 1 is 0.969 bits per heavy atom. The minimum atomic E-state index is -3.65. The van der Waals surface area contributed by atoms with Crippen molar-refractivity contribution in [1.82, 2.24) is 10.9 Å². The first-order valence-electron chi connectivity index (χ1n) is 9.18. The molecule has 0 fully saturated rings. The van der Waals surface area contributed by atoms with Crippen molar-refractivity contribution in [3.05, 3.63) is 83.7 Å². The number of carbonyl (C=O) groups excluding carboxylic acids is 2. The van der Waals surface area contributed by atoms with E-state index in [0.29, 0.717) is 28.3 Å². The van der Waals surface area contributed by atoms with Crippen LogP contribution in [0.1, 0.15) is 15.9 Å². The maximum atomic E-state index is 12.4. The number of nitrogens with one attached hydrogen (secondary N) is 3. The molecule has 166 valence electrons. The Bertz CT molecular complexity index is 1210. The molecule has 5 N–H and O–H groups in total. The largest absolute Gasteiger partial charge is 0.484 e. The zero-order chi connectivity index (χ0) is 23.1. The van der Waals surface area contributed by atoms with E-state index >= 15 is 0 Å². The number of thiophene rings is 1. The first kappa shape index (κ1) is 22.8. The summed E-state index contributed by atoms with van der Waals surface area (Å²) in [6.45, 7) is 3.64. The second-order valence-corrected chi connectivity index (χ2v) is 9.31. The van der Waals surface area contributed by atoms with Crippen molar-refractivity contribution in [2.45, 2.75) is 4.21 Å². The van der Waals surface area contributed by atoms with Crippen molar-refractivity contribution in [3.63, 3.8) is 0 Å². The number of hydrogen-bond acceptors (Lipinski definition) is 7. The highest BCUT2D eigenvalue weighted by atomic mass is 32.2. The molecule has 0 saturated carbocycles. The average Bonchev–Trinajstić information content (AvgIpc) is 3.32. The molecule has 2 amide bonds. The predicted octanol–water partition coefficient (Wildman–Crippen LogP) is 2.32. The lowest BCUT2D eigenvalue weighted by Gasteiger charge is -2.12. The van der Waals surface area contributed by atoms with Crippen LogP contribution in [0.25, 0.3) is 5.70 Å². The average molecular weight is 473 g/mol. The Hall–Kier alpha value is -3.83. The monoisotopic (exact) mass is 472 g/mol. The van der Waals surface area contributed by atoms with Gasteiger partial charge in [0.15, 0.2) is 6.61 Å². The predicted molar refractivity (Wildman–Crippen MR) is 122 cm³/mol. The van der Waals surface area contributed by atoms with Gasteiger partial charge in [0.1, 0.15) is 9.96 Å². The van der Waals surface area contributed by atoms with Crippen molar-refractivity contribution < 1.29 is 22.7 Å². The minimum absolute atomic E-state index is 0.203. The van der Waals surface area contributed by atoms with Gasteiger partial charge in [-0.25, -0.2) is 8.42 Å². The van der Waals surface area contributed by atoms with E-state index in [1.165, 1.54) is 30.3 Å². The zero-order valence-corrected chi connectivity index (χ0v) is 18.3. The molecule has 1 heterocycles. The molecule has 0 saturated heterocycles. The summed E-state index contributed by atoms with van der Waals surface area (Å²) in [5.41, 5.74) is 12.1. The molecule has 0 aliphatic rings. The fourth-order valence-corrected chi connectivity index (χ4v) is 4.55. The molecule has 3 rings (SSSR count). The number of ether oxygens (including phenoxy) is 1. The summed E-state index contributed by atoms with van der Waals surface area (Å²) in [6, 6.07) is 15.8. The van der Waals surface area contributed by atoms with Gasteiger partial charge in [0.05, 0.1) is 5.70 Å². The quantitative estimate of drug-likeness (QED) is 0.334. The second-order valence-electron chi connectivity index (χ2n) is 6.45. The molecule has 0 bridgehead atoms. The van der Waals surface area contributed by atoms with Gasteiger partial charge in [-0.3, -0.25) is 25.2 Å². The number of anilines is 1. The fourth-order valence-electron chi connectivity index (χ4n) is 2.49. The van der Waals surface area contributed by atoms with Gasteiger partial charge in [-0.2, -0.15) is 0 Å². The van der Waals surface area contributed by atoms with Crippen molar-refractivity contribution >= 4 is 44.6 Å². The molecule has 0 aliphatic carbocycles. The topological polar surface area (TPSA) is 140 Å². The van der Waals surface area contributed by atoms with E-state index < -0.39 is 21.8 Å². The number of rotatable bonds is 10. The molecular weight excluding hydrogens is 452 g/mol. The number of nitrogens with two attached hydrogens (primary N) is 1. The van der Waals surface area contributed by atoms with Crippen LogP contribution < -0.4 is 26.0 Å². The van der Waals surface area contributed by atoms with Gasteiger partial charge in [-0.1, -0.05) is 12.6 Å². The van der Waals surface area contributed by atoms with E-state index in [9.17, 15) is 18.0 Å². The lowest BCUT2D eigenvalue weighted by Crippen LogP contribution is -2.35. The smallest absolute Gasteiger partial charge is 0.271 e. The number of sulfonamides is 1. The zero-order valence-electron chi connectivity index (χ0n) is 16.7. The summed E-state index contributed by atoms with van der Waals surface area (Å²) in [7, 11) is -3.65. The van der Waals surface area contributed by atoms with Crippen LogP contribution in [0, 0.1) is 0 Å². The van der Waals surface area contributed by atoms with Gasteiger partial charge < -0.3 is 10.5 Å². The Morgan fingerprint density at radius 3 is 2.22 bits per heavy atom. The van der Waals surface area contributed by atoms with Gasteiger partial charge >= 0.3 is 0 Å². The van der Waals surface area contributed by atoms with Gasteiger partial charge in [0.25, 0.3) is 21.8 Å². The fraction of sp³-hybridized carbons (Fsp3) is 0.0476. The summed E-state index contributed by atoms with van der Waals surface area (Å²) in [4.78, 5) is 23.1. The summed E-state index contributed by atoms with van der Waals surface area (Å²) >= 11 is 1.11. The van der Waals surface area contributed by atoms with Crippen LogP contribution in [0.5, 0.6) is 5.75 Å². The van der Waals surface area contributed by atoms with Crippen LogP contribution in [-0.2, 0) is 14.8 Å². The maximum Gasteiger partial charge on any atom is 0.271 e. The number of hydrazine groups is 1. The number of carbonyl (C=O) groups is 2. The highest BCUT2D eigenvalue weighted by Gasteiger charge is 2.15. The molecular formula is C21H20N4O5S2. The van der Waals surface area contributed by atoms with Crippen molar-refractivity contribution in [3.8, 4) is 5.75 Å². The van der Waals surface area contributed by atoms with Crippen LogP contribution in [0.4, 0.5) is 5.69 Å². The molecule has 0 radical (unpaired) electrons. The molecule has 0 aliphatic heterocycles. The summed E-state index contributed by atoms with van der Waals surface area (Å²) in [6.07, 6.45) is 0. The molecule has 3 aromatic rings. The summed E-state index contributed by atoms with van der Waals surface area (Å²) < 4.78 is 32.4. The van der Waals surface area contributed by atoms with Crippen LogP contribution in [0.2, 0.25) is 0 Å². The van der Waals surface area contributed by atoms with Crippen molar-refractivity contribution in [2.24, 2.45) is 5.73 Å². The molecule has 32 heavy (non-hydrogen) atoms. The van der Waals surface area contributed by atoms with E-state index in [1.54, 1.807) is 35.7 Å². The normalized spacial score (nSPS) is 10.8. The molecule has 0 atom stereocenters. The lowest BCUT2D eigenvalue weighted by molar-refractivity contribution is -0.119. The first-order chi connectivity index (χ1) is 15.2. The van der Waals surface area contributed by atoms with E-state index in [-0.39, 0.29) is 10.8 Å². The van der Waals surface area contributed by atoms with Gasteiger partial charge in [-0.05, 0) is 65.5 Å². The Kier molecular flexibility index (Phi) is 7.13. The summed E-state index contributed by atoms with van der Waals surface area (Å²) in [5, 5.41) is 1.68. The van der Waals surface area contributed by atoms with Crippen molar-refractivity contribution in [1.29, 1.82) is 0 Å². The molecule has 0 unspecified atom stereocenters. The third-order valence-electron chi connectivity index (χ3n) is 4.07. The molecule has 9 nitrogen and oxygen atoms in total. The van der Waals surface area contributed by atoms with Crippen LogP contribution in [-0.4, -0.2) is 26.8 Å².